The highest BCUT2D eigenvalue weighted by Gasteiger charge is 2.49. The summed E-state index contributed by atoms with van der Waals surface area (Å²) in [7, 11) is 1.76. The van der Waals surface area contributed by atoms with Crippen LogP contribution in [0.25, 0.3) is 0 Å². The molecular weight excluding hydrogens is 280 g/mol. The van der Waals surface area contributed by atoms with Gasteiger partial charge in [-0.05, 0) is 37.0 Å². The number of aryl methyl sites for hydroxylation is 1. The lowest BCUT2D eigenvalue weighted by atomic mass is 9.58. The molecule has 4 heteroatoms. The zero-order chi connectivity index (χ0) is 15.7. The molecular formula is C17H30N2OS. The van der Waals surface area contributed by atoms with Crippen LogP contribution in [0.1, 0.15) is 57.7 Å². The Morgan fingerprint density at radius 3 is 2.29 bits per heavy atom. The number of hydrogen-bond donors (Lipinski definition) is 1. The summed E-state index contributed by atoms with van der Waals surface area (Å²) in [5.41, 5.74) is 1.76. The fourth-order valence-corrected chi connectivity index (χ4v) is 5.41. The van der Waals surface area contributed by atoms with E-state index in [1.807, 2.05) is 0 Å². The standard InChI is InChI=1S/C17H30N2OS/c1-13-9-21-14(19-13)17(18-7-8-20-6)11-15(2,3)10-16(4,5)12-17/h9,18H,7-8,10-12H2,1-6H3. The van der Waals surface area contributed by atoms with Gasteiger partial charge in [0.05, 0.1) is 12.1 Å². The van der Waals surface area contributed by atoms with E-state index in [2.05, 4.69) is 45.3 Å². The van der Waals surface area contributed by atoms with Crippen molar-refractivity contribution in [3.63, 3.8) is 0 Å². The normalized spacial score (nSPS) is 23.1. The van der Waals surface area contributed by atoms with Gasteiger partial charge in [0.2, 0.25) is 0 Å². The zero-order valence-corrected chi connectivity index (χ0v) is 15.2. The van der Waals surface area contributed by atoms with Crippen LogP contribution in [0, 0.1) is 17.8 Å². The lowest BCUT2D eigenvalue weighted by Gasteiger charge is -2.51. The summed E-state index contributed by atoms with van der Waals surface area (Å²) in [5, 5.41) is 7.22. The van der Waals surface area contributed by atoms with Crippen molar-refractivity contribution in [2.45, 2.75) is 59.4 Å². The highest BCUT2D eigenvalue weighted by Crippen LogP contribution is 2.54. The Balaban J connectivity index is 2.35. The molecule has 0 unspecified atom stereocenters. The molecule has 1 aromatic heterocycles. The minimum atomic E-state index is -0.0112. The SMILES string of the molecule is COCCNC1(c2nc(C)cs2)CC(C)(C)CC(C)(C)C1. The van der Waals surface area contributed by atoms with Gasteiger partial charge in [-0.25, -0.2) is 4.98 Å². The Hall–Kier alpha value is -0.450. The molecule has 0 atom stereocenters. The molecule has 0 amide bonds. The predicted octanol–water partition coefficient (Wildman–Crippen LogP) is 4.12. The second kappa shape index (κ2) is 5.98. The summed E-state index contributed by atoms with van der Waals surface area (Å²) < 4.78 is 5.24. The average Bonchev–Trinajstić information content (AvgIpc) is 2.72. The van der Waals surface area contributed by atoms with Gasteiger partial charge in [-0.1, -0.05) is 27.7 Å². The van der Waals surface area contributed by atoms with Crippen molar-refractivity contribution in [1.29, 1.82) is 0 Å². The molecule has 1 fully saturated rings. The van der Waals surface area contributed by atoms with Crippen LogP contribution in [0.2, 0.25) is 0 Å². The van der Waals surface area contributed by atoms with Crippen LogP contribution < -0.4 is 5.32 Å². The first-order valence-electron chi connectivity index (χ1n) is 7.85. The van der Waals surface area contributed by atoms with E-state index in [9.17, 15) is 0 Å². The Morgan fingerprint density at radius 2 is 1.81 bits per heavy atom. The summed E-state index contributed by atoms with van der Waals surface area (Å²) in [6, 6.07) is 0. The van der Waals surface area contributed by atoms with Gasteiger partial charge < -0.3 is 10.1 Å². The highest BCUT2D eigenvalue weighted by molar-refractivity contribution is 7.09. The maximum atomic E-state index is 5.24. The quantitative estimate of drug-likeness (QED) is 0.831. The second-order valence-corrected chi connectivity index (χ2v) is 9.01. The molecule has 0 bridgehead atoms. The van der Waals surface area contributed by atoms with Crippen molar-refractivity contribution >= 4 is 11.3 Å². The number of thiazole rings is 1. The molecule has 1 saturated carbocycles. The Kier molecular flexibility index (Phi) is 4.81. The summed E-state index contributed by atoms with van der Waals surface area (Å²) in [6.45, 7) is 13.3. The van der Waals surface area contributed by atoms with E-state index in [0.717, 1.165) is 31.7 Å². The van der Waals surface area contributed by atoms with Crippen molar-refractivity contribution in [3.8, 4) is 0 Å². The third-order valence-corrected chi connectivity index (χ3v) is 5.48. The van der Waals surface area contributed by atoms with Crippen LogP contribution in [0.3, 0.4) is 0 Å². The van der Waals surface area contributed by atoms with E-state index in [4.69, 9.17) is 9.72 Å². The number of nitrogens with one attached hydrogen (secondary N) is 1. The lowest BCUT2D eigenvalue weighted by Crippen LogP contribution is -2.53. The van der Waals surface area contributed by atoms with Crippen LogP contribution >= 0.6 is 11.3 Å². The van der Waals surface area contributed by atoms with E-state index < -0.39 is 0 Å². The predicted molar refractivity (Wildman–Crippen MR) is 89.8 cm³/mol. The fraction of sp³-hybridized carbons (Fsp3) is 0.824. The average molecular weight is 311 g/mol. The molecule has 1 aromatic rings. The summed E-state index contributed by atoms with van der Waals surface area (Å²) in [4.78, 5) is 4.83. The van der Waals surface area contributed by atoms with Crippen molar-refractivity contribution in [2.24, 2.45) is 10.8 Å². The molecule has 0 saturated heterocycles. The van der Waals surface area contributed by atoms with Gasteiger partial charge in [-0.15, -0.1) is 11.3 Å². The van der Waals surface area contributed by atoms with Crippen molar-refractivity contribution in [3.05, 3.63) is 16.1 Å². The Morgan fingerprint density at radius 1 is 1.19 bits per heavy atom. The monoisotopic (exact) mass is 310 g/mol. The zero-order valence-electron chi connectivity index (χ0n) is 14.4. The topological polar surface area (TPSA) is 34.1 Å². The third kappa shape index (κ3) is 4.05. The number of nitrogens with zero attached hydrogens (tertiary/aromatic N) is 1. The van der Waals surface area contributed by atoms with Gasteiger partial charge in [-0.2, -0.15) is 0 Å². The van der Waals surface area contributed by atoms with Crippen molar-refractivity contribution in [2.75, 3.05) is 20.3 Å². The summed E-state index contributed by atoms with van der Waals surface area (Å²) >= 11 is 1.80. The minimum Gasteiger partial charge on any atom is -0.383 e. The number of rotatable bonds is 5. The van der Waals surface area contributed by atoms with Crippen LogP contribution in [-0.4, -0.2) is 25.2 Å². The van der Waals surface area contributed by atoms with E-state index in [0.29, 0.717) is 10.8 Å². The van der Waals surface area contributed by atoms with Gasteiger partial charge in [0.15, 0.2) is 0 Å². The molecule has 120 valence electrons. The van der Waals surface area contributed by atoms with E-state index in [1.165, 1.54) is 11.4 Å². The minimum absolute atomic E-state index is 0.0112. The molecule has 1 N–H and O–H groups in total. The van der Waals surface area contributed by atoms with Gasteiger partial charge in [0, 0.05) is 24.7 Å². The largest absolute Gasteiger partial charge is 0.383 e. The maximum absolute atomic E-state index is 5.24. The number of aromatic nitrogens is 1. The number of hydrogen-bond acceptors (Lipinski definition) is 4. The Labute approximate surface area is 133 Å². The van der Waals surface area contributed by atoms with Gasteiger partial charge >= 0.3 is 0 Å². The van der Waals surface area contributed by atoms with E-state index in [1.54, 1.807) is 18.4 Å². The molecule has 0 aromatic carbocycles. The van der Waals surface area contributed by atoms with Gasteiger partial charge in [0.25, 0.3) is 0 Å². The number of methoxy groups -OCH3 is 1. The molecule has 0 spiro atoms. The first-order valence-corrected chi connectivity index (χ1v) is 8.73. The molecule has 0 radical (unpaired) electrons. The van der Waals surface area contributed by atoms with Crippen molar-refractivity contribution < 1.29 is 4.74 Å². The molecule has 2 rings (SSSR count). The maximum Gasteiger partial charge on any atom is 0.113 e. The highest BCUT2D eigenvalue weighted by atomic mass is 32.1. The molecule has 1 heterocycles. The second-order valence-electron chi connectivity index (χ2n) is 8.15. The van der Waals surface area contributed by atoms with E-state index >= 15 is 0 Å². The van der Waals surface area contributed by atoms with E-state index in [-0.39, 0.29) is 5.54 Å². The molecule has 1 aliphatic rings. The van der Waals surface area contributed by atoms with Gasteiger partial charge in [0.1, 0.15) is 5.01 Å². The number of ether oxygens (including phenoxy) is 1. The van der Waals surface area contributed by atoms with Crippen LogP contribution in [-0.2, 0) is 10.3 Å². The lowest BCUT2D eigenvalue weighted by molar-refractivity contribution is 0.0221. The smallest absolute Gasteiger partial charge is 0.113 e. The first kappa shape index (κ1) is 16.9. The fourth-order valence-electron chi connectivity index (χ4n) is 4.43. The van der Waals surface area contributed by atoms with Crippen LogP contribution in [0.5, 0.6) is 0 Å². The molecule has 1 aliphatic carbocycles. The van der Waals surface area contributed by atoms with Crippen molar-refractivity contribution in [1.82, 2.24) is 10.3 Å². The first-order chi connectivity index (χ1) is 9.68. The third-order valence-electron chi connectivity index (χ3n) is 4.32. The molecule has 21 heavy (non-hydrogen) atoms. The summed E-state index contributed by atoms with van der Waals surface area (Å²) in [6.07, 6.45) is 3.54. The molecule has 3 nitrogen and oxygen atoms in total. The Bertz CT molecular complexity index is 463. The van der Waals surface area contributed by atoms with Gasteiger partial charge in [-0.3, -0.25) is 0 Å². The van der Waals surface area contributed by atoms with Crippen LogP contribution in [0.15, 0.2) is 5.38 Å². The summed E-state index contributed by atoms with van der Waals surface area (Å²) in [5.74, 6) is 0. The molecule has 0 aliphatic heterocycles. The van der Waals surface area contributed by atoms with Crippen LogP contribution in [0.4, 0.5) is 0 Å².